The zero-order valence-corrected chi connectivity index (χ0v) is 16.9. The molecular formula is C22H20ClFN4O2. The summed E-state index contributed by atoms with van der Waals surface area (Å²) >= 11 is 5.87. The number of rotatable bonds is 5. The minimum atomic E-state index is -0.352. The van der Waals surface area contributed by atoms with Gasteiger partial charge in [0.2, 0.25) is 0 Å². The number of benzene rings is 2. The molecule has 0 saturated heterocycles. The average Bonchev–Trinajstić information content (AvgIpc) is 3.10. The van der Waals surface area contributed by atoms with Crippen LogP contribution in [0.4, 0.5) is 4.39 Å². The Hall–Kier alpha value is -3.19. The van der Waals surface area contributed by atoms with Crippen LogP contribution in [0.5, 0.6) is 0 Å². The predicted molar refractivity (Wildman–Crippen MR) is 111 cm³/mol. The molecular weight excluding hydrogens is 407 g/mol. The molecule has 2 aromatic carbocycles. The Morgan fingerprint density at radius 1 is 1.10 bits per heavy atom. The minimum absolute atomic E-state index is 0.194. The van der Waals surface area contributed by atoms with Crippen molar-refractivity contribution in [2.24, 2.45) is 0 Å². The maximum atomic E-state index is 13.5. The van der Waals surface area contributed by atoms with Crippen molar-refractivity contribution in [1.29, 1.82) is 0 Å². The number of carbonyl (C=O) groups excluding carboxylic acids is 2. The molecule has 0 spiro atoms. The van der Waals surface area contributed by atoms with Crippen molar-refractivity contribution in [3.8, 4) is 0 Å². The Bertz CT molecular complexity index is 1080. The molecule has 0 unspecified atom stereocenters. The van der Waals surface area contributed by atoms with Gasteiger partial charge in [-0.25, -0.2) is 4.39 Å². The zero-order chi connectivity index (χ0) is 21.1. The summed E-state index contributed by atoms with van der Waals surface area (Å²) in [6, 6.07) is 14.9. The standard InChI is InChI=1S/C22H20ClFN4O2/c23-17-7-5-15(6-8-17)13-25-21(29)19-12-20-22(30)27(9-2-10-28(20)26-19)14-16-3-1-4-18(24)11-16/h1,3-8,11-12H,2,9-10,13-14H2,(H,25,29). The van der Waals surface area contributed by atoms with Gasteiger partial charge in [0, 0.05) is 37.3 Å². The van der Waals surface area contributed by atoms with Crippen LogP contribution in [0, 0.1) is 5.82 Å². The molecule has 6 nitrogen and oxygen atoms in total. The molecule has 30 heavy (non-hydrogen) atoms. The maximum Gasteiger partial charge on any atom is 0.272 e. The molecule has 1 aliphatic rings. The van der Waals surface area contributed by atoms with Gasteiger partial charge in [-0.2, -0.15) is 5.10 Å². The van der Waals surface area contributed by atoms with Crippen molar-refractivity contribution >= 4 is 23.4 Å². The minimum Gasteiger partial charge on any atom is -0.347 e. The molecule has 0 aliphatic carbocycles. The normalized spacial score (nSPS) is 13.7. The van der Waals surface area contributed by atoms with Crippen LogP contribution in [0.15, 0.2) is 54.6 Å². The molecule has 1 N–H and O–H groups in total. The molecule has 0 atom stereocenters. The second-order valence-electron chi connectivity index (χ2n) is 7.16. The number of carbonyl (C=O) groups is 2. The number of nitrogens with zero attached hydrogens (tertiary/aromatic N) is 3. The van der Waals surface area contributed by atoms with Crippen molar-refractivity contribution < 1.29 is 14.0 Å². The highest BCUT2D eigenvalue weighted by Gasteiger charge is 2.26. The van der Waals surface area contributed by atoms with E-state index in [4.69, 9.17) is 11.6 Å². The van der Waals surface area contributed by atoms with E-state index >= 15 is 0 Å². The molecule has 1 aromatic heterocycles. The van der Waals surface area contributed by atoms with Crippen LogP contribution in [-0.2, 0) is 19.6 Å². The molecule has 2 amide bonds. The van der Waals surface area contributed by atoms with E-state index in [0.717, 1.165) is 11.1 Å². The van der Waals surface area contributed by atoms with Gasteiger partial charge in [0.1, 0.15) is 11.5 Å². The first-order valence-electron chi connectivity index (χ1n) is 9.64. The van der Waals surface area contributed by atoms with E-state index in [1.807, 2.05) is 12.1 Å². The lowest BCUT2D eigenvalue weighted by Crippen LogP contribution is -2.30. The summed E-state index contributed by atoms with van der Waals surface area (Å²) in [5.41, 5.74) is 2.18. The van der Waals surface area contributed by atoms with E-state index in [-0.39, 0.29) is 23.3 Å². The molecule has 154 valence electrons. The Morgan fingerprint density at radius 2 is 1.90 bits per heavy atom. The van der Waals surface area contributed by atoms with Gasteiger partial charge in [-0.05, 0) is 41.8 Å². The van der Waals surface area contributed by atoms with Crippen LogP contribution in [0.25, 0.3) is 0 Å². The first-order chi connectivity index (χ1) is 14.5. The van der Waals surface area contributed by atoms with Crippen LogP contribution in [0.3, 0.4) is 0 Å². The van der Waals surface area contributed by atoms with E-state index in [2.05, 4.69) is 10.4 Å². The predicted octanol–water partition coefficient (Wildman–Crippen LogP) is 3.65. The van der Waals surface area contributed by atoms with E-state index in [0.29, 0.717) is 43.3 Å². The van der Waals surface area contributed by atoms with Crippen molar-refractivity contribution in [3.63, 3.8) is 0 Å². The topological polar surface area (TPSA) is 67.2 Å². The maximum absolute atomic E-state index is 13.5. The average molecular weight is 427 g/mol. The van der Waals surface area contributed by atoms with E-state index in [1.54, 1.807) is 33.8 Å². The van der Waals surface area contributed by atoms with Crippen molar-refractivity contribution in [1.82, 2.24) is 20.0 Å². The first kappa shape index (κ1) is 20.1. The second-order valence-corrected chi connectivity index (χ2v) is 7.59. The van der Waals surface area contributed by atoms with Gasteiger partial charge in [0.15, 0.2) is 5.69 Å². The van der Waals surface area contributed by atoms with E-state index in [9.17, 15) is 14.0 Å². The summed E-state index contributed by atoms with van der Waals surface area (Å²) in [6.07, 6.45) is 0.696. The highest BCUT2D eigenvalue weighted by Crippen LogP contribution is 2.17. The fraction of sp³-hybridized carbons (Fsp3) is 0.227. The quantitative estimate of drug-likeness (QED) is 0.677. The van der Waals surface area contributed by atoms with Gasteiger partial charge < -0.3 is 10.2 Å². The fourth-order valence-electron chi connectivity index (χ4n) is 3.43. The van der Waals surface area contributed by atoms with Crippen molar-refractivity contribution in [3.05, 3.63) is 88.0 Å². The molecule has 0 fully saturated rings. The molecule has 2 heterocycles. The third-order valence-electron chi connectivity index (χ3n) is 4.95. The summed E-state index contributed by atoms with van der Waals surface area (Å²) in [5.74, 6) is -0.907. The molecule has 1 aliphatic heterocycles. The largest absolute Gasteiger partial charge is 0.347 e. The molecule has 8 heteroatoms. The fourth-order valence-corrected chi connectivity index (χ4v) is 3.55. The number of hydrogen-bond donors (Lipinski definition) is 1. The highest BCUT2D eigenvalue weighted by molar-refractivity contribution is 6.30. The summed E-state index contributed by atoms with van der Waals surface area (Å²) in [5, 5.41) is 7.76. The van der Waals surface area contributed by atoms with Crippen LogP contribution < -0.4 is 5.32 Å². The second kappa shape index (κ2) is 8.67. The van der Waals surface area contributed by atoms with Crippen LogP contribution in [0.1, 0.15) is 38.5 Å². The van der Waals surface area contributed by atoms with Gasteiger partial charge in [-0.1, -0.05) is 35.9 Å². The summed E-state index contributed by atoms with van der Waals surface area (Å²) in [4.78, 5) is 27.2. The monoisotopic (exact) mass is 426 g/mol. The SMILES string of the molecule is O=C(NCc1ccc(Cl)cc1)c1cc2n(n1)CCCN(Cc1cccc(F)c1)C2=O. The molecule has 4 rings (SSSR count). The van der Waals surface area contributed by atoms with Crippen molar-refractivity contribution in [2.45, 2.75) is 26.1 Å². The van der Waals surface area contributed by atoms with E-state index in [1.165, 1.54) is 18.2 Å². The molecule has 0 radical (unpaired) electrons. The Balaban J connectivity index is 1.46. The molecule has 0 bridgehead atoms. The molecule has 0 saturated carbocycles. The van der Waals surface area contributed by atoms with Gasteiger partial charge >= 0.3 is 0 Å². The lowest BCUT2D eigenvalue weighted by atomic mass is 10.2. The summed E-state index contributed by atoms with van der Waals surface area (Å²) in [7, 11) is 0. The third-order valence-corrected chi connectivity index (χ3v) is 5.20. The van der Waals surface area contributed by atoms with Crippen molar-refractivity contribution in [2.75, 3.05) is 6.54 Å². The Labute approximate surface area is 178 Å². The molecule has 3 aromatic rings. The van der Waals surface area contributed by atoms with Gasteiger partial charge in [-0.3, -0.25) is 14.3 Å². The van der Waals surface area contributed by atoms with Gasteiger partial charge in [0.05, 0.1) is 0 Å². The lowest BCUT2D eigenvalue weighted by molar-refractivity contribution is 0.0745. The lowest BCUT2D eigenvalue weighted by Gasteiger charge is -2.20. The zero-order valence-electron chi connectivity index (χ0n) is 16.1. The highest BCUT2D eigenvalue weighted by atomic mass is 35.5. The van der Waals surface area contributed by atoms with Crippen LogP contribution >= 0.6 is 11.6 Å². The smallest absolute Gasteiger partial charge is 0.272 e. The summed E-state index contributed by atoms with van der Waals surface area (Å²) < 4.78 is 15.1. The van der Waals surface area contributed by atoms with Gasteiger partial charge in [0.25, 0.3) is 11.8 Å². The number of aryl methyl sites for hydroxylation is 1. The number of amides is 2. The van der Waals surface area contributed by atoms with Crippen LogP contribution in [-0.4, -0.2) is 33.0 Å². The van der Waals surface area contributed by atoms with Crippen LogP contribution in [0.2, 0.25) is 5.02 Å². The number of aromatic nitrogens is 2. The summed E-state index contributed by atoms with van der Waals surface area (Å²) in [6.45, 7) is 1.71. The third kappa shape index (κ3) is 4.52. The first-order valence-corrected chi connectivity index (χ1v) is 10.0. The number of nitrogens with one attached hydrogen (secondary N) is 1. The van der Waals surface area contributed by atoms with Gasteiger partial charge in [-0.15, -0.1) is 0 Å². The van der Waals surface area contributed by atoms with E-state index < -0.39 is 0 Å². The number of hydrogen-bond acceptors (Lipinski definition) is 3. The Kier molecular flexibility index (Phi) is 5.81. The Morgan fingerprint density at radius 3 is 2.67 bits per heavy atom. The number of fused-ring (bicyclic) bond motifs is 1. The number of halogens is 2.